The first-order valence-corrected chi connectivity index (χ1v) is 10.7. The van der Waals surface area contributed by atoms with Crippen LogP contribution in [0.25, 0.3) is 0 Å². The van der Waals surface area contributed by atoms with Gasteiger partial charge in [0, 0.05) is 52.6 Å². The van der Waals surface area contributed by atoms with Gasteiger partial charge in [-0.05, 0) is 50.6 Å². The van der Waals surface area contributed by atoms with Crippen LogP contribution in [0.4, 0.5) is 16.2 Å². The fraction of sp³-hybridized carbons (Fsp3) is 0.455. The van der Waals surface area contributed by atoms with Crippen LogP contribution >= 0.6 is 11.6 Å². The second-order valence-electron chi connectivity index (χ2n) is 8.14. The van der Waals surface area contributed by atoms with E-state index in [-0.39, 0.29) is 34.6 Å². The fourth-order valence-electron chi connectivity index (χ4n) is 4.60. The van der Waals surface area contributed by atoms with Crippen molar-refractivity contribution in [3.63, 3.8) is 0 Å². The highest BCUT2D eigenvalue weighted by molar-refractivity contribution is 6.30. The van der Waals surface area contributed by atoms with Crippen molar-refractivity contribution in [2.45, 2.75) is 39.2 Å². The van der Waals surface area contributed by atoms with E-state index in [4.69, 9.17) is 23.2 Å². The normalized spacial score (nSPS) is 25.4. The molecule has 3 aromatic rings. The molecule has 0 spiro atoms. The molecule has 10 heteroatoms. The first kappa shape index (κ1) is 15.8. The number of benzene rings is 1. The Labute approximate surface area is 197 Å². The molecule has 2 aliphatic rings. The Kier molecular flexibility index (Phi) is 4.21. The number of piperidine rings is 1. The van der Waals surface area contributed by atoms with E-state index in [9.17, 15) is 4.39 Å². The molecule has 168 valence electrons. The molecule has 32 heavy (non-hydrogen) atoms. The molecule has 2 fully saturated rings. The summed E-state index contributed by atoms with van der Waals surface area (Å²) in [5, 5.41) is 7.48. The van der Waals surface area contributed by atoms with Crippen LogP contribution in [-0.2, 0) is 6.50 Å². The summed E-state index contributed by atoms with van der Waals surface area (Å²) < 4.78 is 59.4. The Morgan fingerprint density at radius 3 is 2.78 bits per heavy atom. The molecule has 1 aromatic carbocycles. The van der Waals surface area contributed by atoms with Crippen LogP contribution in [-0.4, -0.2) is 43.9 Å². The molecule has 8 nitrogen and oxygen atoms in total. The van der Waals surface area contributed by atoms with E-state index in [0.29, 0.717) is 4.68 Å². The van der Waals surface area contributed by atoms with Crippen molar-refractivity contribution >= 4 is 23.4 Å². The predicted molar refractivity (Wildman–Crippen MR) is 120 cm³/mol. The Morgan fingerprint density at radius 1 is 1.25 bits per heavy atom. The maximum absolute atomic E-state index is 13.8. The van der Waals surface area contributed by atoms with Gasteiger partial charge in [-0.1, -0.05) is 11.6 Å². The summed E-state index contributed by atoms with van der Waals surface area (Å²) in [4.78, 5) is 15.1. The number of ether oxygens (including phenoxy) is 1. The molecule has 1 saturated heterocycles. The molecule has 2 bridgehead atoms. The summed E-state index contributed by atoms with van der Waals surface area (Å²) in [6, 6.07) is 4.94. The molecule has 0 unspecified atom stereocenters. The highest BCUT2D eigenvalue weighted by Crippen LogP contribution is 2.39. The Balaban J connectivity index is 1.41. The van der Waals surface area contributed by atoms with Gasteiger partial charge in [0.25, 0.3) is 0 Å². The van der Waals surface area contributed by atoms with Crippen LogP contribution < -0.4 is 15.0 Å². The van der Waals surface area contributed by atoms with E-state index in [2.05, 4.69) is 30.3 Å². The lowest BCUT2D eigenvalue weighted by Gasteiger charge is -2.38. The van der Waals surface area contributed by atoms with Crippen LogP contribution in [0.1, 0.15) is 32.2 Å². The van der Waals surface area contributed by atoms with Gasteiger partial charge in [0.05, 0.1) is 2.74 Å². The lowest BCUT2D eigenvalue weighted by atomic mass is 9.92. The smallest absolute Gasteiger partial charge is 0.322 e. The van der Waals surface area contributed by atoms with E-state index in [1.54, 1.807) is 6.33 Å². The second-order valence-corrected chi connectivity index (χ2v) is 8.58. The zero-order valence-corrected chi connectivity index (χ0v) is 18.1. The van der Waals surface area contributed by atoms with Crippen molar-refractivity contribution in [3.8, 4) is 11.8 Å². The Hall–Kier alpha value is -2.94. The number of hydrogen-bond donors (Lipinski definition) is 1. The van der Waals surface area contributed by atoms with Crippen molar-refractivity contribution < 1.29 is 16.0 Å². The monoisotopic (exact) mass is 462 g/mol. The second kappa shape index (κ2) is 8.54. The minimum absolute atomic E-state index is 0.00914. The van der Waals surface area contributed by atoms with Gasteiger partial charge in [-0.2, -0.15) is 4.98 Å². The van der Waals surface area contributed by atoms with E-state index in [0.717, 1.165) is 49.6 Å². The fourth-order valence-corrected chi connectivity index (χ4v) is 4.81. The molecule has 3 atom stereocenters. The van der Waals surface area contributed by atoms with Crippen LogP contribution in [0.3, 0.4) is 0 Å². The third kappa shape index (κ3) is 4.21. The minimum atomic E-state index is -3.07. The molecule has 2 aromatic heterocycles. The number of aryl methyl sites for hydroxylation is 2. The van der Waals surface area contributed by atoms with Crippen LogP contribution in [0.15, 0.2) is 30.6 Å². The van der Waals surface area contributed by atoms with E-state index >= 15 is 0 Å². The maximum Gasteiger partial charge on any atom is 0.322 e. The molecule has 1 aliphatic heterocycles. The highest BCUT2D eigenvalue weighted by atomic mass is 35.5. The molecule has 1 N–H and O–H groups in total. The van der Waals surface area contributed by atoms with Crippen molar-refractivity contribution in [1.82, 2.24) is 24.7 Å². The number of rotatable bonds is 6. The topological polar surface area (TPSA) is 81.0 Å². The molecule has 1 saturated carbocycles. The Bertz CT molecular complexity index is 1270. The lowest BCUT2D eigenvalue weighted by molar-refractivity contribution is 0.374. The zero-order valence-electron chi connectivity index (χ0n) is 22.3. The lowest BCUT2D eigenvalue weighted by Crippen LogP contribution is -2.48. The van der Waals surface area contributed by atoms with Crippen molar-refractivity contribution in [2.75, 3.05) is 23.3 Å². The molecule has 5 rings (SSSR count). The number of nitrogens with one attached hydrogen (secondary N) is 1. The summed E-state index contributed by atoms with van der Waals surface area (Å²) in [6.45, 7) is -2.58. The molecular weight excluding hydrogens is 433 g/mol. The van der Waals surface area contributed by atoms with Gasteiger partial charge in [0.1, 0.15) is 23.7 Å². The number of fused-ring (bicyclic) bond motifs is 2. The Morgan fingerprint density at radius 2 is 2.06 bits per heavy atom. The van der Waals surface area contributed by atoms with Gasteiger partial charge in [0.15, 0.2) is 0 Å². The zero-order chi connectivity index (χ0) is 26.5. The number of anilines is 2. The van der Waals surface area contributed by atoms with Crippen LogP contribution in [0, 0.1) is 24.6 Å². The van der Waals surface area contributed by atoms with Crippen LogP contribution in [0.2, 0.25) is 5.02 Å². The SMILES string of the molecule is [2H]C([2H])([2H])C([2H])([2H])n1nc(N[C@H]2[C@@H]3CC[C@H]2CN(c2cc(C)ncn2)C3)nc1Oc1cc(F)cc(Cl)c1. The van der Waals surface area contributed by atoms with Gasteiger partial charge in [0.2, 0.25) is 5.95 Å². The first-order valence-electron chi connectivity index (χ1n) is 12.8. The van der Waals surface area contributed by atoms with Gasteiger partial charge in [-0.3, -0.25) is 0 Å². The third-order valence-electron chi connectivity index (χ3n) is 5.97. The van der Waals surface area contributed by atoms with Gasteiger partial charge >= 0.3 is 6.01 Å². The standard InChI is InChI=1S/C22H25ClFN7O/c1-3-31-22(32-18-8-16(23)7-17(24)9-18)28-21(29-31)27-20-14-4-5-15(20)11-30(10-14)19-6-13(2)25-12-26-19/h6-9,12,14-15,20H,3-5,10-11H2,1-2H3,(H,27,29)/t14-,15+,20+/i1D3,3D2. The van der Waals surface area contributed by atoms with E-state index < -0.39 is 25.2 Å². The number of halogens is 2. The summed E-state index contributed by atoms with van der Waals surface area (Å²) in [6.07, 6.45) is 3.51. The summed E-state index contributed by atoms with van der Waals surface area (Å²) >= 11 is 5.91. The molecule has 0 radical (unpaired) electrons. The van der Waals surface area contributed by atoms with E-state index in [1.165, 1.54) is 6.07 Å². The number of hydrogen-bond acceptors (Lipinski definition) is 7. The largest absolute Gasteiger partial charge is 0.424 e. The van der Waals surface area contributed by atoms with Crippen molar-refractivity contribution in [2.24, 2.45) is 11.8 Å². The third-order valence-corrected chi connectivity index (χ3v) is 6.19. The van der Waals surface area contributed by atoms with E-state index in [1.807, 2.05) is 13.0 Å². The highest BCUT2D eigenvalue weighted by Gasteiger charge is 2.43. The summed E-state index contributed by atoms with van der Waals surface area (Å²) in [7, 11) is 0. The molecule has 3 heterocycles. The predicted octanol–water partition coefficient (Wildman–Crippen LogP) is 4.31. The van der Waals surface area contributed by atoms with Gasteiger partial charge < -0.3 is 15.0 Å². The van der Waals surface area contributed by atoms with Crippen LogP contribution in [0.5, 0.6) is 11.8 Å². The molecular formula is C22H25ClFN7O. The average molecular weight is 463 g/mol. The quantitative estimate of drug-likeness (QED) is 0.584. The average Bonchev–Trinajstić information content (AvgIpc) is 3.28. The van der Waals surface area contributed by atoms with Gasteiger partial charge in [-0.15, -0.1) is 5.10 Å². The first-order chi connectivity index (χ1) is 17.4. The molecule has 1 aliphatic carbocycles. The molecule has 0 amide bonds. The number of nitrogens with zero attached hydrogens (tertiary/aromatic N) is 6. The van der Waals surface area contributed by atoms with Crippen molar-refractivity contribution in [3.05, 3.63) is 47.1 Å². The maximum atomic E-state index is 13.8. The number of aromatic nitrogens is 5. The van der Waals surface area contributed by atoms with Crippen molar-refractivity contribution in [1.29, 1.82) is 0 Å². The minimum Gasteiger partial charge on any atom is -0.424 e. The summed E-state index contributed by atoms with van der Waals surface area (Å²) in [5.41, 5.74) is 0.892. The van der Waals surface area contributed by atoms with Gasteiger partial charge in [-0.25, -0.2) is 19.0 Å². The summed E-state index contributed by atoms with van der Waals surface area (Å²) in [5.74, 6) is 0.644.